The highest BCUT2D eigenvalue weighted by atomic mass is 32.1. The van der Waals surface area contributed by atoms with Crippen molar-refractivity contribution in [2.24, 2.45) is 0 Å². The summed E-state index contributed by atoms with van der Waals surface area (Å²) in [6.07, 6.45) is 5.17. The SMILES string of the molecule is CNc1cncc(-c2ccns2)n1. The first-order valence-corrected chi connectivity index (χ1v) is 4.58. The number of anilines is 1. The molecule has 0 aliphatic rings. The maximum Gasteiger partial charge on any atom is 0.145 e. The molecular weight excluding hydrogens is 184 g/mol. The van der Waals surface area contributed by atoms with Gasteiger partial charge in [0.05, 0.1) is 17.3 Å². The Morgan fingerprint density at radius 3 is 3.00 bits per heavy atom. The minimum atomic E-state index is 0.769. The Balaban J connectivity index is 2.41. The molecule has 2 aromatic heterocycles. The largest absolute Gasteiger partial charge is 0.372 e. The van der Waals surface area contributed by atoms with Crippen molar-refractivity contribution in [2.75, 3.05) is 12.4 Å². The van der Waals surface area contributed by atoms with E-state index in [1.807, 2.05) is 13.1 Å². The summed E-state index contributed by atoms with van der Waals surface area (Å²) in [5.41, 5.74) is 0.856. The Kier molecular flexibility index (Phi) is 2.18. The number of hydrogen-bond donors (Lipinski definition) is 1. The summed E-state index contributed by atoms with van der Waals surface area (Å²) in [5.74, 6) is 0.769. The van der Waals surface area contributed by atoms with Gasteiger partial charge in [-0.05, 0) is 17.6 Å². The highest BCUT2D eigenvalue weighted by Crippen LogP contribution is 2.20. The fourth-order valence-corrected chi connectivity index (χ4v) is 1.50. The Morgan fingerprint density at radius 1 is 1.38 bits per heavy atom. The van der Waals surface area contributed by atoms with Crippen LogP contribution in [0.3, 0.4) is 0 Å². The van der Waals surface area contributed by atoms with Crippen molar-refractivity contribution in [2.45, 2.75) is 0 Å². The van der Waals surface area contributed by atoms with E-state index in [1.165, 1.54) is 11.5 Å². The zero-order valence-electron chi connectivity index (χ0n) is 7.06. The van der Waals surface area contributed by atoms with Crippen molar-refractivity contribution in [3.8, 4) is 10.6 Å². The third-order valence-corrected chi connectivity index (χ3v) is 2.35. The second-order valence-corrected chi connectivity index (χ2v) is 3.25. The Hall–Kier alpha value is -1.49. The van der Waals surface area contributed by atoms with Gasteiger partial charge in [-0.1, -0.05) is 0 Å². The number of nitrogens with one attached hydrogen (secondary N) is 1. The summed E-state index contributed by atoms with van der Waals surface area (Å²) in [4.78, 5) is 9.43. The van der Waals surface area contributed by atoms with Crippen molar-refractivity contribution in [3.63, 3.8) is 0 Å². The molecular formula is C8H8N4S. The van der Waals surface area contributed by atoms with E-state index in [4.69, 9.17) is 0 Å². The maximum atomic E-state index is 4.33. The van der Waals surface area contributed by atoms with Gasteiger partial charge in [0.15, 0.2) is 0 Å². The molecule has 1 N–H and O–H groups in total. The van der Waals surface area contributed by atoms with E-state index in [-0.39, 0.29) is 0 Å². The lowest BCUT2D eigenvalue weighted by atomic mass is 10.4. The van der Waals surface area contributed by atoms with Gasteiger partial charge in [0.25, 0.3) is 0 Å². The maximum absolute atomic E-state index is 4.33. The Bertz CT molecular complexity index is 385. The van der Waals surface area contributed by atoms with Crippen LogP contribution in [0.25, 0.3) is 10.6 Å². The van der Waals surface area contributed by atoms with Crippen molar-refractivity contribution >= 4 is 17.4 Å². The quantitative estimate of drug-likeness (QED) is 0.786. The highest BCUT2D eigenvalue weighted by Gasteiger charge is 2.01. The molecule has 2 rings (SSSR count). The van der Waals surface area contributed by atoms with E-state index in [0.717, 1.165) is 16.4 Å². The van der Waals surface area contributed by atoms with E-state index in [1.54, 1.807) is 18.6 Å². The van der Waals surface area contributed by atoms with E-state index in [2.05, 4.69) is 19.7 Å². The summed E-state index contributed by atoms with van der Waals surface area (Å²) in [6.45, 7) is 0. The topological polar surface area (TPSA) is 50.7 Å². The third kappa shape index (κ3) is 1.65. The monoisotopic (exact) mass is 192 g/mol. The summed E-state index contributed by atoms with van der Waals surface area (Å²) in [5, 5.41) is 2.94. The molecule has 5 heteroatoms. The molecule has 0 spiro atoms. The molecule has 0 saturated heterocycles. The van der Waals surface area contributed by atoms with Gasteiger partial charge in [0, 0.05) is 13.2 Å². The standard InChI is InChI=1S/C8H8N4S/c1-9-8-5-10-4-6(12-8)7-2-3-11-13-7/h2-5H,1H3,(H,9,12). The lowest BCUT2D eigenvalue weighted by Gasteiger charge is -1.99. The van der Waals surface area contributed by atoms with Crippen LogP contribution in [0.4, 0.5) is 5.82 Å². The van der Waals surface area contributed by atoms with Crippen molar-refractivity contribution in [3.05, 3.63) is 24.7 Å². The van der Waals surface area contributed by atoms with Crippen LogP contribution in [0.15, 0.2) is 24.7 Å². The lowest BCUT2D eigenvalue weighted by molar-refractivity contribution is 1.20. The molecule has 13 heavy (non-hydrogen) atoms. The van der Waals surface area contributed by atoms with Crippen LogP contribution in [0.5, 0.6) is 0 Å². The van der Waals surface area contributed by atoms with Crippen LogP contribution < -0.4 is 5.32 Å². The summed E-state index contributed by atoms with van der Waals surface area (Å²) in [6, 6.07) is 1.92. The number of rotatable bonds is 2. The predicted octanol–water partition coefficient (Wildman–Crippen LogP) is 1.64. The van der Waals surface area contributed by atoms with Gasteiger partial charge in [-0.15, -0.1) is 0 Å². The summed E-state index contributed by atoms with van der Waals surface area (Å²) >= 11 is 1.41. The number of aromatic nitrogens is 3. The smallest absolute Gasteiger partial charge is 0.145 e. The second kappa shape index (κ2) is 3.49. The molecule has 2 aromatic rings. The predicted molar refractivity (Wildman–Crippen MR) is 52.7 cm³/mol. The van der Waals surface area contributed by atoms with Crippen LogP contribution in [-0.4, -0.2) is 21.4 Å². The summed E-state index contributed by atoms with van der Waals surface area (Å²) < 4.78 is 4.01. The fourth-order valence-electron chi connectivity index (χ4n) is 0.953. The van der Waals surface area contributed by atoms with Gasteiger partial charge in [-0.25, -0.2) is 9.36 Å². The summed E-state index contributed by atoms with van der Waals surface area (Å²) in [7, 11) is 1.82. The fraction of sp³-hybridized carbons (Fsp3) is 0.125. The van der Waals surface area contributed by atoms with Gasteiger partial charge < -0.3 is 5.32 Å². The average Bonchev–Trinajstić information content (AvgIpc) is 2.71. The van der Waals surface area contributed by atoms with Crippen LogP contribution in [0.1, 0.15) is 0 Å². The minimum Gasteiger partial charge on any atom is -0.372 e. The van der Waals surface area contributed by atoms with Gasteiger partial charge in [-0.2, -0.15) is 0 Å². The number of hydrogen-bond acceptors (Lipinski definition) is 5. The molecule has 0 aliphatic heterocycles. The third-order valence-electron chi connectivity index (χ3n) is 1.58. The minimum absolute atomic E-state index is 0.769. The molecule has 0 amide bonds. The normalized spacial score (nSPS) is 9.92. The molecule has 4 nitrogen and oxygen atoms in total. The van der Waals surface area contributed by atoms with E-state index in [9.17, 15) is 0 Å². The second-order valence-electron chi connectivity index (χ2n) is 2.42. The molecule has 0 unspecified atom stereocenters. The molecule has 0 bridgehead atoms. The molecule has 0 atom stereocenters. The van der Waals surface area contributed by atoms with E-state index < -0.39 is 0 Å². The first kappa shape index (κ1) is 8.12. The van der Waals surface area contributed by atoms with Gasteiger partial charge in [0.2, 0.25) is 0 Å². The Labute approximate surface area is 79.8 Å². The lowest BCUT2D eigenvalue weighted by Crippen LogP contribution is -1.93. The molecule has 0 saturated carbocycles. The molecule has 0 radical (unpaired) electrons. The zero-order chi connectivity index (χ0) is 9.10. The van der Waals surface area contributed by atoms with Gasteiger partial charge in [0.1, 0.15) is 11.5 Å². The van der Waals surface area contributed by atoms with E-state index in [0.29, 0.717) is 0 Å². The molecule has 2 heterocycles. The molecule has 0 fully saturated rings. The van der Waals surface area contributed by atoms with Gasteiger partial charge >= 0.3 is 0 Å². The van der Waals surface area contributed by atoms with Crippen molar-refractivity contribution in [1.82, 2.24) is 14.3 Å². The van der Waals surface area contributed by atoms with Crippen LogP contribution in [0, 0.1) is 0 Å². The number of nitrogens with zero attached hydrogens (tertiary/aromatic N) is 3. The van der Waals surface area contributed by atoms with Crippen LogP contribution >= 0.6 is 11.5 Å². The van der Waals surface area contributed by atoms with Crippen LogP contribution in [-0.2, 0) is 0 Å². The Morgan fingerprint density at radius 2 is 2.31 bits per heavy atom. The zero-order valence-corrected chi connectivity index (χ0v) is 7.88. The van der Waals surface area contributed by atoms with E-state index >= 15 is 0 Å². The molecule has 0 aliphatic carbocycles. The molecule has 66 valence electrons. The highest BCUT2D eigenvalue weighted by molar-refractivity contribution is 7.09. The van der Waals surface area contributed by atoms with Gasteiger partial charge in [-0.3, -0.25) is 4.98 Å². The molecule has 0 aromatic carbocycles. The average molecular weight is 192 g/mol. The van der Waals surface area contributed by atoms with Crippen molar-refractivity contribution in [1.29, 1.82) is 0 Å². The van der Waals surface area contributed by atoms with Crippen LogP contribution in [0.2, 0.25) is 0 Å². The first-order chi connectivity index (χ1) is 6.40. The van der Waals surface area contributed by atoms with Crippen molar-refractivity contribution < 1.29 is 0 Å². The first-order valence-electron chi connectivity index (χ1n) is 3.81.